The van der Waals surface area contributed by atoms with Crippen molar-refractivity contribution in [3.63, 3.8) is 0 Å². The summed E-state index contributed by atoms with van der Waals surface area (Å²) in [6.07, 6.45) is 2.54. The molecule has 0 aromatic carbocycles. The van der Waals surface area contributed by atoms with E-state index in [-0.39, 0.29) is 24.0 Å². The van der Waals surface area contributed by atoms with Crippen molar-refractivity contribution < 1.29 is 36.2 Å². The molecule has 1 aliphatic carbocycles. The highest BCUT2D eigenvalue weighted by Crippen LogP contribution is 2.28. The van der Waals surface area contributed by atoms with Crippen LogP contribution in [0.4, 0.5) is 0 Å². The van der Waals surface area contributed by atoms with Gasteiger partial charge in [-0.05, 0) is 24.7 Å². The summed E-state index contributed by atoms with van der Waals surface area (Å²) in [4.78, 5) is 0. The maximum atomic E-state index is 9.35. The first kappa shape index (κ1) is 22.0. The molecule has 10 heteroatoms. The Labute approximate surface area is 120 Å². The second kappa shape index (κ2) is 8.90. The molecule has 0 aromatic rings. The summed E-state index contributed by atoms with van der Waals surface area (Å²) in [5.41, 5.74) is 0. The van der Waals surface area contributed by atoms with Gasteiger partial charge in [0.05, 0.1) is 24.7 Å². The van der Waals surface area contributed by atoms with Gasteiger partial charge in [-0.25, -0.2) is 0 Å². The second-order valence-electron chi connectivity index (χ2n) is 5.03. The summed E-state index contributed by atoms with van der Waals surface area (Å²) >= 11 is 0. The molecule has 4 unspecified atom stereocenters. The molecule has 1 aliphatic rings. The zero-order valence-electron chi connectivity index (χ0n) is 12.0. The first-order valence-electron chi connectivity index (χ1n) is 5.82. The standard InChI is InChI=1S/C8H16O2.2CH4O3S/c1-5-3-8(10)6(2)4-7(5)9;2*1-5(2,3)4/h5-10H,3-4H2,1-2H3;2*1H3,(H,2,3,4). The van der Waals surface area contributed by atoms with E-state index in [1.54, 1.807) is 0 Å². The molecule has 20 heavy (non-hydrogen) atoms. The van der Waals surface area contributed by atoms with Crippen molar-refractivity contribution in [2.45, 2.75) is 38.9 Å². The minimum atomic E-state index is -3.67. The summed E-state index contributed by atoms with van der Waals surface area (Å²) in [6, 6.07) is 0. The first-order valence-corrected chi connectivity index (χ1v) is 9.52. The summed E-state index contributed by atoms with van der Waals surface area (Å²) < 4.78 is 51.7. The zero-order valence-corrected chi connectivity index (χ0v) is 13.6. The lowest BCUT2D eigenvalue weighted by molar-refractivity contribution is -0.0203. The topological polar surface area (TPSA) is 149 Å². The van der Waals surface area contributed by atoms with Crippen LogP contribution < -0.4 is 0 Å². The number of aliphatic hydroxyl groups excluding tert-OH is 2. The Morgan fingerprint density at radius 2 is 0.900 bits per heavy atom. The highest BCUT2D eigenvalue weighted by Gasteiger charge is 2.29. The summed E-state index contributed by atoms with van der Waals surface area (Å²) in [6.45, 7) is 3.97. The van der Waals surface area contributed by atoms with Crippen LogP contribution in [0.1, 0.15) is 26.7 Å². The summed E-state index contributed by atoms with van der Waals surface area (Å²) in [7, 11) is -7.33. The van der Waals surface area contributed by atoms with Crippen LogP contribution in [0.5, 0.6) is 0 Å². The molecule has 1 fully saturated rings. The van der Waals surface area contributed by atoms with Gasteiger partial charge >= 0.3 is 0 Å². The van der Waals surface area contributed by atoms with E-state index in [9.17, 15) is 27.0 Å². The molecule has 0 aliphatic heterocycles. The van der Waals surface area contributed by atoms with E-state index >= 15 is 0 Å². The van der Waals surface area contributed by atoms with Crippen LogP contribution in [0.25, 0.3) is 0 Å². The number of hydrogen-bond donors (Lipinski definition) is 4. The lowest BCUT2D eigenvalue weighted by Gasteiger charge is -2.33. The Morgan fingerprint density at radius 3 is 1.05 bits per heavy atom. The minimum Gasteiger partial charge on any atom is -0.393 e. The number of hydrogen-bond acceptors (Lipinski definition) is 6. The zero-order chi connectivity index (χ0) is 16.7. The molecule has 124 valence electrons. The van der Waals surface area contributed by atoms with E-state index in [4.69, 9.17) is 9.11 Å². The molecule has 8 nitrogen and oxygen atoms in total. The van der Waals surface area contributed by atoms with Gasteiger partial charge in [-0.1, -0.05) is 13.8 Å². The maximum absolute atomic E-state index is 9.35. The summed E-state index contributed by atoms with van der Waals surface area (Å²) in [5, 5.41) is 18.7. The molecule has 0 amide bonds. The van der Waals surface area contributed by atoms with Crippen molar-refractivity contribution in [2.75, 3.05) is 12.5 Å². The van der Waals surface area contributed by atoms with Crippen molar-refractivity contribution in [3.05, 3.63) is 0 Å². The first-order chi connectivity index (χ1) is 8.61. The lowest BCUT2D eigenvalue weighted by atomic mass is 9.80. The summed E-state index contributed by atoms with van der Waals surface area (Å²) in [5.74, 6) is 0.539. The largest absolute Gasteiger partial charge is 0.393 e. The van der Waals surface area contributed by atoms with Crippen molar-refractivity contribution in [3.8, 4) is 0 Å². The highest BCUT2D eigenvalue weighted by molar-refractivity contribution is 7.85. The minimum absolute atomic E-state index is 0.196. The van der Waals surface area contributed by atoms with E-state index in [0.29, 0.717) is 12.5 Å². The molecule has 0 spiro atoms. The third-order valence-corrected chi connectivity index (χ3v) is 2.54. The van der Waals surface area contributed by atoms with E-state index in [2.05, 4.69) is 0 Å². The van der Waals surface area contributed by atoms with Crippen LogP contribution >= 0.6 is 0 Å². The van der Waals surface area contributed by atoms with Gasteiger partial charge in [-0.3, -0.25) is 9.11 Å². The van der Waals surface area contributed by atoms with Gasteiger partial charge in [0.1, 0.15) is 0 Å². The van der Waals surface area contributed by atoms with Gasteiger partial charge in [0.15, 0.2) is 0 Å². The van der Waals surface area contributed by atoms with Gasteiger partial charge < -0.3 is 10.2 Å². The van der Waals surface area contributed by atoms with Crippen molar-refractivity contribution in [1.29, 1.82) is 0 Å². The third kappa shape index (κ3) is 20.1. The van der Waals surface area contributed by atoms with Gasteiger partial charge in [0.25, 0.3) is 20.2 Å². The molecule has 4 N–H and O–H groups in total. The molecule has 0 radical (unpaired) electrons. The Hall–Kier alpha value is -0.260. The molecule has 1 rings (SSSR count). The monoisotopic (exact) mass is 336 g/mol. The maximum Gasteiger partial charge on any atom is 0.261 e. The Kier molecular flexibility index (Phi) is 9.80. The average Bonchev–Trinajstić information content (AvgIpc) is 2.09. The fourth-order valence-corrected chi connectivity index (χ4v) is 1.54. The van der Waals surface area contributed by atoms with Crippen LogP contribution in [-0.2, 0) is 20.2 Å². The van der Waals surface area contributed by atoms with Gasteiger partial charge in [-0.2, -0.15) is 16.8 Å². The van der Waals surface area contributed by atoms with Crippen molar-refractivity contribution in [1.82, 2.24) is 0 Å². The van der Waals surface area contributed by atoms with Crippen LogP contribution in [0.3, 0.4) is 0 Å². The van der Waals surface area contributed by atoms with E-state index < -0.39 is 20.2 Å². The Morgan fingerprint density at radius 1 is 0.750 bits per heavy atom. The normalized spacial score (nSPS) is 30.4. The average molecular weight is 336 g/mol. The molecule has 0 heterocycles. The fourth-order valence-electron chi connectivity index (χ4n) is 1.54. The predicted molar refractivity (Wildman–Crippen MR) is 74.5 cm³/mol. The SMILES string of the molecule is CC1CC(O)C(C)CC1O.CS(=O)(=O)O.CS(=O)(=O)O. The van der Waals surface area contributed by atoms with Gasteiger partial charge in [0, 0.05) is 0 Å². The van der Waals surface area contributed by atoms with Crippen LogP contribution in [-0.4, -0.2) is 60.9 Å². The lowest BCUT2D eigenvalue weighted by Crippen LogP contribution is -2.35. The van der Waals surface area contributed by atoms with E-state index in [1.807, 2.05) is 13.8 Å². The molecule has 0 bridgehead atoms. The van der Waals surface area contributed by atoms with Gasteiger partial charge in [0.2, 0.25) is 0 Å². The smallest absolute Gasteiger partial charge is 0.261 e. The second-order valence-corrected chi connectivity index (χ2v) is 7.96. The number of aliphatic hydroxyl groups is 2. The molecule has 4 atom stereocenters. The van der Waals surface area contributed by atoms with Crippen LogP contribution in [0.2, 0.25) is 0 Å². The molecular formula is C10H24O8S2. The van der Waals surface area contributed by atoms with E-state index in [0.717, 1.165) is 12.8 Å². The van der Waals surface area contributed by atoms with E-state index in [1.165, 1.54) is 0 Å². The molecule has 0 saturated heterocycles. The van der Waals surface area contributed by atoms with Crippen molar-refractivity contribution >= 4 is 20.2 Å². The molecule has 0 aromatic heterocycles. The molecule has 1 saturated carbocycles. The fraction of sp³-hybridized carbons (Fsp3) is 1.00. The quantitative estimate of drug-likeness (QED) is 0.444. The third-order valence-electron chi connectivity index (χ3n) is 2.54. The highest BCUT2D eigenvalue weighted by atomic mass is 32.2. The predicted octanol–water partition coefficient (Wildman–Crippen LogP) is -0.218. The Bertz CT molecular complexity index is 384. The molecular weight excluding hydrogens is 312 g/mol. The Balaban J connectivity index is 0. The number of rotatable bonds is 0. The van der Waals surface area contributed by atoms with Crippen LogP contribution in [0.15, 0.2) is 0 Å². The van der Waals surface area contributed by atoms with Crippen LogP contribution in [0, 0.1) is 11.8 Å². The van der Waals surface area contributed by atoms with Gasteiger partial charge in [-0.15, -0.1) is 0 Å². The van der Waals surface area contributed by atoms with Crippen molar-refractivity contribution in [2.24, 2.45) is 11.8 Å².